The Labute approximate surface area is 127 Å². The van der Waals surface area contributed by atoms with Crippen molar-refractivity contribution in [3.05, 3.63) is 34.8 Å². The molecule has 0 fully saturated rings. The molecule has 0 aliphatic rings. The van der Waals surface area contributed by atoms with E-state index in [0.29, 0.717) is 5.75 Å². The maximum atomic E-state index is 11.8. The van der Waals surface area contributed by atoms with Crippen LogP contribution in [0.3, 0.4) is 0 Å². The topological polar surface area (TPSA) is 54.9 Å². The minimum atomic E-state index is -0.0221. The highest BCUT2D eigenvalue weighted by molar-refractivity contribution is 8.01. The molecule has 6 heteroatoms. The third-order valence-electron chi connectivity index (χ3n) is 2.61. The lowest BCUT2D eigenvalue weighted by atomic mass is 10.1. The van der Waals surface area contributed by atoms with E-state index in [-0.39, 0.29) is 5.91 Å². The van der Waals surface area contributed by atoms with Gasteiger partial charge >= 0.3 is 0 Å². The van der Waals surface area contributed by atoms with Gasteiger partial charge < -0.3 is 5.32 Å². The van der Waals surface area contributed by atoms with E-state index in [9.17, 15) is 4.79 Å². The third-order valence-corrected chi connectivity index (χ3v) is 4.58. The maximum Gasteiger partial charge on any atom is 0.234 e. The molecule has 4 nitrogen and oxygen atoms in total. The van der Waals surface area contributed by atoms with Gasteiger partial charge in [-0.25, -0.2) is 0 Å². The summed E-state index contributed by atoms with van der Waals surface area (Å²) in [5, 5.41) is 11.7. The molecule has 0 bridgehead atoms. The summed E-state index contributed by atoms with van der Waals surface area (Å²) in [4.78, 5) is 11.8. The van der Waals surface area contributed by atoms with Crippen LogP contribution in [0.25, 0.3) is 0 Å². The van der Waals surface area contributed by atoms with Crippen LogP contribution in [-0.4, -0.2) is 21.9 Å². The van der Waals surface area contributed by atoms with Crippen LogP contribution in [0, 0.1) is 6.92 Å². The molecule has 1 heterocycles. The van der Waals surface area contributed by atoms with Crippen LogP contribution >= 0.6 is 23.1 Å². The standard InChI is InChI=1S/C14H17N3OS2/c1-3-4-11-5-7-12(8-6-11)15-13(18)9-19-14-17-16-10(2)20-14/h5-8H,3-4,9H2,1-2H3,(H,15,18). The first-order valence-corrected chi connectivity index (χ1v) is 8.29. The van der Waals surface area contributed by atoms with Crippen LogP contribution in [0.5, 0.6) is 0 Å². The molecular formula is C14H17N3OS2. The minimum Gasteiger partial charge on any atom is -0.325 e. The molecule has 0 radical (unpaired) electrons. The van der Waals surface area contributed by atoms with Crippen molar-refractivity contribution in [2.75, 3.05) is 11.1 Å². The van der Waals surface area contributed by atoms with Crippen LogP contribution in [0.1, 0.15) is 23.9 Å². The average molecular weight is 307 g/mol. The fraction of sp³-hybridized carbons (Fsp3) is 0.357. The highest BCUT2D eigenvalue weighted by atomic mass is 32.2. The van der Waals surface area contributed by atoms with Crippen LogP contribution in [-0.2, 0) is 11.2 Å². The van der Waals surface area contributed by atoms with E-state index in [1.807, 2.05) is 19.1 Å². The fourth-order valence-electron chi connectivity index (χ4n) is 1.70. The van der Waals surface area contributed by atoms with Crippen molar-refractivity contribution in [2.24, 2.45) is 0 Å². The highest BCUT2D eigenvalue weighted by Crippen LogP contribution is 2.21. The van der Waals surface area contributed by atoms with Crippen molar-refractivity contribution in [1.82, 2.24) is 10.2 Å². The molecule has 1 amide bonds. The second kappa shape index (κ2) is 7.40. The number of rotatable bonds is 6. The summed E-state index contributed by atoms with van der Waals surface area (Å²) in [6.45, 7) is 4.06. The van der Waals surface area contributed by atoms with Crippen LogP contribution in [0.2, 0.25) is 0 Å². The van der Waals surface area contributed by atoms with Crippen molar-refractivity contribution >= 4 is 34.7 Å². The Kier molecular flexibility index (Phi) is 5.55. The van der Waals surface area contributed by atoms with E-state index < -0.39 is 0 Å². The lowest BCUT2D eigenvalue weighted by Crippen LogP contribution is -2.13. The first kappa shape index (κ1) is 15.0. The van der Waals surface area contributed by atoms with Gasteiger partial charge in [-0.2, -0.15) is 0 Å². The number of hydrogen-bond donors (Lipinski definition) is 1. The molecule has 0 unspecified atom stereocenters. The fourth-order valence-corrected chi connectivity index (χ4v) is 3.32. The second-order valence-electron chi connectivity index (χ2n) is 4.37. The van der Waals surface area contributed by atoms with E-state index in [4.69, 9.17) is 0 Å². The molecule has 2 rings (SSSR count). The van der Waals surface area contributed by atoms with Gasteiger partial charge in [-0.1, -0.05) is 48.6 Å². The molecule has 0 spiro atoms. The average Bonchev–Trinajstić information content (AvgIpc) is 2.85. The molecular weight excluding hydrogens is 290 g/mol. The SMILES string of the molecule is CCCc1ccc(NC(=O)CSc2nnc(C)s2)cc1. The molecule has 0 aliphatic heterocycles. The van der Waals surface area contributed by atoms with Crippen LogP contribution in [0.15, 0.2) is 28.6 Å². The number of carbonyl (C=O) groups excluding carboxylic acids is 1. The number of aromatic nitrogens is 2. The number of carbonyl (C=O) groups is 1. The quantitative estimate of drug-likeness (QED) is 0.830. The monoisotopic (exact) mass is 307 g/mol. The first-order valence-electron chi connectivity index (χ1n) is 6.49. The Morgan fingerprint density at radius 3 is 2.65 bits per heavy atom. The molecule has 0 saturated heterocycles. The number of aryl methyl sites for hydroxylation is 2. The maximum absolute atomic E-state index is 11.8. The summed E-state index contributed by atoms with van der Waals surface area (Å²) in [5.74, 6) is 0.330. The largest absolute Gasteiger partial charge is 0.325 e. The summed E-state index contributed by atoms with van der Waals surface area (Å²) in [5.41, 5.74) is 2.13. The zero-order valence-corrected chi connectivity index (χ0v) is 13.2. The van der Waals surface area contributed by atoms with E-state index in [1.54, 1.807) is 0 Å². The molecule has 1 aromatic carbocycles. The zero-order chi connectivity index (χ0) is 14.4. The predicted molar refractivity (Wildman–Crippen MR) is 84.4 cm³/mol. The van der Waals surface area contributed by atoms with Gasteiger partial charge in [0.25, 0.3) is 0 Å². The minimum absolute atomic E-state index is 0.0221. The van der Waals surface area contributed by atoms with Crippen molar-refractivity contribution in [1.29, 1.82) is 0 Å². The Morgan fingerprint density at radius 2 is 2.05 bits per heavy atom. The van der Waals surface area contributed by atoms with Crippen molar-refractivity contribution in [3.63, 3.8) is 0 Å². The number of amides is 1. The third kappa shape index (κ3) is 4.61. The molecule has 106 valence electrons. The van der Waals surface area contributed by atoms with Gasteiger partial charge in [0.2, 0.25) is 5.91 Å². The lowest BCUT2D eigenvalue weighted by Gasteiger charge is -2.05. The number of thioether (sulfide) groups is 1. The smallest absolute Gasteiger partial charge is 0.234 e. The van der Waals surface area contributed by atoms with Gasteiger partial charge in [-0.05, 0) is 31.0 Å². The molecule has 0 saturated carbocycles. The Hall–Kier alpha value is -1.40. The van der Waals surface area contributed by atoms with Gasteiger partial charge in [0.05, 0.1) is 5.75 Å². The van der Waals surface area contributed by atoms with Crippen molar-refractivity contribution < 1.29 is 4.79 Å². The van der Waals surface area contributed by atoms with E-state index in [0.717, 1.165) is 27.9 Å². The molecule has 20 heavy (non-hydrogen) atoms. The van der Waals surface area contributed by atoms with Crippen molar-refractivity contribution in [2.45, 2.75) is 31.0 Å². The summed E-state index contributed by atoms with van der Waals surface area (Å²) in [6.07, 6.45) is 2.20. The predicted octanol–water partition coefficient (Wildman–Crippen LogP) is 3.53. The van der Waals surface area contributed by atoms with E-state index >= 15 is 0 Å². The summed E-state index contributed by atoms with van der Waals surface area (Å²) in [7, 11) is 0. The van der Waals surface area contributed by atoms with E-state index in [1.165, 1.54) is 28.7 Å². The van der Waals surface area contributed by atoms with Crippen LogP contribution < -0.4 is 5.32 Å². The van der Waals surface area contributed by atoms with Gasteiger partial charge in [-0.3, -0.25) is 4.79 Å². The summed E-state index contributed by atoms with van der Waals surface area (Å²) < 4.78 is 0.830. The van der Waals surface area contributed by atoms with Crippen LogP contribution in [0.4, 0.5) is 5.69 Å². The zero-order valence-electron chi connectivity index (χ0n) is 11.5. The van der Waals surface area contributed by atoms with Gasteiger partial charge in [-0.15, -0.1) is 10.2 Å². The second-order valence-corrected chi connectivity index (χ2v) is 6.77. The molecule has 0 aliphatic carbocycles. The van der Waals surface area contributed by atoms with Gasteiger partial charge in [0.15, 0.2) is 4.34 Å². The van der Waals surface area contributed by atoms with E-state index in [2.05, 4.69) is 34.6 Å². The highest BCUT2D eigenvalue weighted by Gasteiger charge is 2.06. The number of benzene rings is 1. The van der Waals surface area contributed by atoms with Gasteiger partial charge in [0.1, 0.15) is 5.01 Å². The number of anilines is 1. The Balaban J connectivity index is 1.81. The molecule has 2 aromatic rings. The first-order chi connectivity index (χ1) is 9.67. The number of nitrogens with one attached hydrogen (secondary N) is 1. The lowest BCUT2D eigenvalue weighted by molar-refractivity contribution is -0.113. The summed E-state index contributed by atoms with van der Waals surface area (Å²) >= 11 is 2.92. The van der Waals surface area contributed by atoms with Crippen molar-refractivity contribution in [3.8, 4) is 0 Å². The summed E-state index contributed by atoms with van der Waals surface area (Å²) in [6, 6.07) is 8.01. The number of hydrogen-bond acceptors (Lipinski definition) is 5. The normalized spacial score (nSPS) is 10.5. The number of nitrogens with zero attached hydrogens (tertiary/aromatic N) is 2. The molecule has 1 N–H and O–H groups in total. The Morgan fingerprint density at radius 1 is 1.30 bits per heavy atom. The van der Waals surface area contributed by atoms with Gasteiger partial charge in [0, 0.05) is 5.69 Å². The molecule has 0 atom stereocenters. The Bertz CT molecular complexity index is 566. The molecule has 1 aromatic heterocycles.